The number of aromatic nitrogens is 3. The number of halogens is 1. The molecule has 0 spiro atoms. The van der Waals surface area contributed by atoms with E-state index in [1.54, 1.807) is 31.4 Å². The highest BCUT2D eigenvalue weighted by Gasteiger charge is 2.14. The van der Waals surface area contributed by atoms with Crippen LogP contribution in [0.2, 0.25) is 5.02 Å². The Hall–Kier alpha value is -3.44. The Morgan fingerprint density at radius 2 is 1.75 bits per heavy atom. The number of nitrogens with zero attached hydrogens (tertiary/aromatic N) is 2. The first kappa shape index (κ1) is 23.2. The molecule has 2 aromatic carbocycles. The fourth-order valence-corrected chi connectivity index (χ4v) is 3.37. The zero-order chi connectivity index (χ0) is 23.1. The Morgan fingerprint density at radius 3 is 2.41 bits per heavy atom. The van der Waals surface area contributed by atoms with E-state index in [4.69, 9.17) is 25.8 Å². The largest absolute Gasteiger partial charge is 0.497 e. The van der Waals surface area contributed by atoms with Crippen molar-refractivity contribution in [2.24, 2.45) is 0 Å². The van der Waals surface area contributed by atoms with Crippen LogP contribution in [0.15, 0.2) is 41.6 Å². The van der Waals surface area contributed by atoms with Crippen LogP contribution < -0.4 is 25.1 Å². The summed E-state index contributed by atoms with van der Waals surface area (Å²) < 4.78 is 15.6. The lowest BCUT2D eigenvalue weighted by Crippen LogP contribution is -2.42. The molecule has 1 heterocycles. The summed E-state index contributed by atoms with van der Waals surface area (Å²) in [4.78, 5) is 28.8. The first-order chi connectivity index (χ1) is 15.4. The lowest BCUT2D eigenvalue weighted by Gasteiger charge is -2.10. The Balaban J connectivity index is 1.55. The van der Waals surface area contributed by atoms with Crippen LogP contribution in [0.1, 0.15) is 10.4 Å². The molecule has 3 aromatic rings. The predicted molar refractivity (Wildman–Crippen MR) is 119 cm³/mol. The van der Waals surface area contributed by atoms with Crippen molar-refractivity contribution in [3.63, 3.8) is 0 Å². The molecule has 0 radical (unpaired) electrons. The van der Waals surface area contributed by atoms with E-state index >= 15 is 0 Å². The SMILES string of the molecule is COc1cc(OC)cc(C(=O)NNC(=O)CSc2n[nH]c(-c3cc(Cl)ccc3OC)n2)c1. The lowest BCUT2D eigenvalue weighted by atomic mass is 10.2. The number of benzene rings is 2. The van der Waals surface area contributed by atoms with Gasteiger partial charge in [-0.05, 0) is 30.3 Å². The standard InChI is InChI=1S/C20H20ClN5O5S/c1-29-13-6-11(7-14(9-13)30-2)19(28)25-23-17(27)10-32-20-22-18(24-26-20)15-8-12(21)4-5-16(15)31-3/h4-9H,10H2,1-3H3,(H,23,27)(H,25,28)(H,22,24,26). The molecular weight excluding hydrogens is 458 g/mol. The van der Waals surface area contributed by atoms with Crippen molar-refractivity contribution in [2.75, 3.05) is 27.1 Å². The first-order valence-electron chi connectivity index (χ1n) is 9.15. The highest BCUT2D eigenvalue weighted by molar-refractivity contribution is 7.99. The molecule has 0 fully saturated rings. The van der Waals surface area contributed by atoms with Gasteiger partial charge in [0, 0.05) is 16.7 Å². The molecule has 0 atom stereocenters. The van der Waals surface area contributed by atoms with Crippen LogP contribution in [0.5, 0.6) is 17.2 Å². The number of aromatic amines is 1. The zero-order valence-electron chi connectivity index (χ0n) is 17.4. The van der Waals surface area contributed by atoms with E-state index in [9.17, 15) is 9.59 Å². The number of nitrogens with one attached hydrogen (secondary N) is 3. The average Bonchev–Trinajstić information content (AvgIpc) is 3.29. The third-order valence-electron chi connectivity index (χ3n) is 4.14. The van der Waals surface area contributed by atoms with Gasteiger partial charge in [0.1, 0.15) is 17.2 Å². The first-order valence-corrected chi connectivity index (χ1v) is 10.5. The summed E-state index contributed by atoms with van der Waals surface area (Å²) in [7, 11) is 4.50. The Labute approximate surface area is 193 Å². The van der Waals surface area contributed by atoms with E-state index in [1.165, 1.54) is 26.4 Å². The van der Waals surface area contributed by atoms with Crippen LogP contribution in [0.4, 0.5) is 0 Å². The third-order valence-corrected chi connectivity index (χ3v) is 5.23. The Bertz CT molecular complexity index is 1100. The molecular formula is C20H20ClN5O5S. The minimum absolute atomic E-state index is 0.0221. The number of thioether (sulfide) groups is 1. The number of carbonyl (C=O) groups is 2. The van der Waals surface area contributed by atoms with Crippen molar-refractivity contribution >= 4 is 35.2 Å². The fraction of sp³-hybridized carbons (Fsp3) is 0.200. The monoisotopic (exact) mass is 477 g/mol. The Morgan fingerprint density at radius 1 is 1.03 bits per heavy atom. The number of H-pyrrole nitrogens is 1. The van der Waals surface area contributed by atoms with Crippen LogP contribution in [0.3, 0.4) is 0 Å². The molecule has 3 rings (SSSR count). The number of ether oxygens (including phenoxy) is 3. The zero-order valence-corrected chi connectivity index (χ0v) is 19.0. The minimum atomic E-state index is -0.520. The minimum Gasteiger partial charge on any atom is -0.497 e. The van der Waals surface area contributed by atoms with E-state index < -0.39 is 11.8 Å². The molecule has 0 unspecified atom stereocenters. The van der Waals surface area contributed by atoms with Crippen LogP contribution in [0, 0.1) is 0 Å². The van der Waals surface area contributed by atoms with Gasteiger partial charge < -0.3 is 14.2 Å². The summed E-state index contributed by atoms with van der Waals surface area (Å²) in [6, 6.07) is 9.81. The van der Waals surface area contributed by atoms with E-state index in [0.29, 0.717) is 38.8 Å². The quantitative estimate of drug-likeness (QED) is 0.334. The summed E-state index contributed by atoms with van der Waals surface area (Å²) >= 11 is 7.14. The van der Waals surface area contributed by atoms with Crippen LogP contribution in [-0.4, -0.2) is 54.1 Å². The van der Waals surface area contributed by atoms with Crippen LogP contribution in [-0.2, 0) is 4.79 Å². The van der Waals surface area contributed by atoms with Gasteiger partial charge in [-0.1, -0.05) is 23.4 Å². The molecule has 10 nitrogen and oxygen atoms in total. The molecule has 2 amide bonds. The van der Waals surface area contributed by atoms with Gasteiger partial charge in [0.05, 0.1) is 32.6 Å². The van der Waals surface area contributed by atoms with E-state index in [2.05, 4.69) is 26.0 Å². The maximum Gasteiger partial charge on any atom is 0.269 e. The summed E-state index contributed by atoms with van der Waals surface area (Å²) in [6.07, 6.45) is 0. The summed E-state index contributed by atoms with van der Waals surface area (Å²) in [5.41, 5.74) is 5.60. The number of hydrogen-bond donors (Lipinski definition) is 3. The van der Waals surface area contributed by atoms with Gasteiger partial charge in [0.15, 0.2) is 5.82 Å². The van der Waals surface area contributed by atoms with E-state index in [-0.39, 0.29) is 11.3 Å². The third kappa shape index (κ3) is 5.83. The molecule has 168 valence electrons. The number of carbonyl (C=O) groups excluding carboxylic acids is 2. The van der Waals surface area contributed by atoms with Gasteiger partial charge in [-0.3, -0.25) is 25.5 Å². The molecule has 0 saturated carbocycles. The van der Waals surface area contributed by atoms with Crippen LogP contribution in [0.25, 0.3) is 11.4 Å². The van der Waals surface area contributed by atoms with Gasteiger partial charge in [0.2, 0.25) is 11.1 Å². The molecule has 1 aromatic heterocycles. The molecule has 12 heteroatoms. The normalized spacial score (nSPS) is 10.4. The smallest absolute Gasteiger partial charge is 0.269 e. The van der Waals surface area contributed by atoms with Crippen molar-refractivity contribution in [3.05, 3.63) is 47.0 Å². The van der Waals surface area contributed by atoms with Crippen molar-refractivity contribution in [1.29, 1.82) is 0 Å². The van der Waals surface area contributed by atoms with Gasteiger partial charge >= 0.3 is 0 Å². The highest BCUT2D eigenvalue weighted by atomic mass is 35.5. The Kier molecular flexibility index (Phi) is 7.79. The maximum atomic E-state index is 12.3. The molecule has 0 bridgehead atoms. The molecule has 0 aliphatic rings. The number of hydrogen-bond acceptors (Lipinski definition) is 8. The van der Waals surface area contributed by atoms with Crippen LogP contribution >= 0.6 is 23.4 Å². The molecule has 0 aliphatic carbocycles. The van der Waals surface area contributed by atoms with Crippen molar-refractivity contribution in [2.45, 2.75) is 5.16 Å². The molecule has 0 saturated heterocycles. The lowest BCUT2D eigenvalue weighted by molar-refractivity contribution is -0.119. The second-order valence-corrected chi connectivity index (χ2v) is 7.58. The highest BCUT2D eigenvalue weighted by Crippen LogP contribution is 2.31. The van der Waals surface area contributed by atoms with Gasteiger partial charge in [-0.15, -0.1) is 5.10 Å². The van der Waals surface area contributed by atoms with Crippen molar-refractivity contribution in [3.8, 4) is 28.6 Å². The van der Waals surface area contributed by atoms with Gasteiger partial charge in [-0.25, -0.2) is 4.98 Å². The topological polar surface area (TPSA) is 127 Å². The summed E-state index contributed by atoms with van der Waals surface area (Å²) in [5.74, 6) is 0.954. The molecule has 0 aliphatic heterocycles. The summed E-state index contributed by atoms with van der Waals surface area (Å²) in [5, 5.41) is 7.75. The second-order valence-electron chi connectivity index (χ2n) is 6.20. The van der Waals surface area contributed by atoms with Crippen molar-refractivity contribution < 1.29 is 23.8 Å². The second kappa shape index (κ2) is 10.7. The number of amides is 2. The average molecular weight is 478 g/mol. The molecule has 3 N–H and O–H groups in total. The fourth-order valence-electron chi connectivity index (χ4n) is 2.60. The number of rotatable bonds is 8. The summed E-state index contributed by atoms with van der Waals surface area (Å²) in [6.45, 7) is 0. The maximum absolute atomic E-state index is 12.3. The van der Waals surface area contributed by atoms with Gasteiger partial charge in [-0.2, -0.15) is 0 Å². The number of methoxy groups -OCH3 is 3. The van der Waals surface area contributed by atoms with E-state index in [0.717, 1.165) is 11.8 Å². The number of hydrazine groups is 1. The molecule has 32 heavy (non-hydrogen) atoms. The van der Waals surface area contributed by atoms with E-state index in [1.807, 2.05) is 0 Å². The van der Waals surface area contributed by atoms with Gasteiger partial charge in [0.25, 0.3) is 5.91 Å². The predicted octanol–water partition coefficient (Wildman–Crippen LogP) is 2.70. The van der Waals surface area contributed by atoms with Crippen molar-refractivity contribution in [1.82, 2.24) is 26.0 Å².